The Balaban J connectivity index is 1.99. The van der Waals surface area contributed by atoms with Crippen LogP contribution in [0.15, 0.2) is 45.2 Å². The second-order valence-corrected chi connectivity index (χ2v) is 7.21. The van der Waals surface area contributed by atoms with Crippen LogP contribution in [0.25, 0.3) is 10.8 Å². The molecule has 0 bridgehead atoms. The summed E-state index contributed by atoms with van der Waals surface area (Å²) in [6, 6.07) is 7.22. The van der Waals surface area contributed by atoms with Crippen LogP contribution >= 0.6 is 23.2 Å². The number of halogens is 2. The Kier molecular flexibility index (Phi) is 4.71. The van der Waals surface area contributed by atoms with Crippen molar-refractivity contribution >= 4 is 61.0 Å². The normalized spacial score (nSPS) is 17.6. The molecular formula is C13H11Cl2N5O4S. The van der Waals surface area contributed by atoms with Gasteiger partial charge in [-0.3, -0.25) is 0 Å². The summed E-state index contributed by atoms with van der Waals surface area (Å²) in [5, 5.41) is 16.6. The molecule has 2 aromatic carbocycles. The molecule has 1 atom stereocenters. The minimum atomic E-state index is -4.16. The molecule has 1 aliphatic heterocycles. The summed E-state index contributed by atoms with van der Waals surface area (Å²) in [6.45, 7) is 0. The summed E-state index contributed by atoms with van der Waals surface area (Å²) in [4.78, 5) is 7.49. The van der Waals surface area contributed by atoms with E-state index in [1.54, 1.807) is 18.2 Å². The van der Waals surface area contributed by atoms with Crippen molar-refractivity contribution in [1.29, 1.82) is 0 Å². The molecule has 0 saturated heterocycles. The van der Waals surface area contributed by atoms with Crippen molar-refractivity contribution in [2.75, 3.05) is 5.32 Å². The fourth-order valence-electron chi connectivity index (χ4n) is 2.19. The molecule has 1 unspecified atom stereocenters. The maximum atomic E-state index is 11.7. The summed E-state index contributed by atoms with van der Waals surface area (Å²) in [7, 11) is -4.16. The topological polar surface area (TPSA) is 138 Å². The number of hydrogen-bond donors (Lipinski definition) is 4. The lowest BCUT2D eigenvalue weighted by Crippen LogP contribution is -2.37. The number of hydrogen-bond acceptors (Lipinski definition) is 9. The van der Waals surface area contributed by atoms with Gasteiger partial charge in [0.1, 0.15) is 5.75 Å². The van der Waals surface area contributed by atoms with E-state index in [9.17, 15) is 13.5 Å². The number of guanidine groups is 1. The van der Waals surface area contributed by atoms with Crippen molar-refractivity contribution in [2.24, 2.45) is 15.9 Å². The van der Waals surface area contributed by atoms with Crippen LogP contribution in [0, 0.1) is 0 Å². The quantitative estimate of drug-likeness (QED) is 0.346. The van der Waals surface area contributed by atoms with Gasteiger partial charge in [-0.05, 0) is 41.3 Å². The molecule has 0 spiro atoms. The molecular weight excluding hydrogens is 393 g/mol. The molecule has 1 heterocycles. The Morgan fingerprint density at radius 3 is 2.72 bits per heavy atom. The highest BCUT2D eigenvalue weighted by Gasteiger charge is 2.17. The van der Waals surface area contributed by atoms with Crippen LogP contribution in [0.2, 0.25) is 0 Å². The number of nitrogens with one attached hydrogen (secondary N) is 2. The predicted molar refractivity (Wildman–Crippen MR) is 95.2 cm³/mol. The first-order valence-corrected chi connectivity index (χ1v) is 8.90. The van der Waals surface area contributed by atoms with Gasteiger partial charge in [-0.1, -0.05) is 11.6 Å². The Hall–Kier alpha value is -2.11. The minimum absolute atomic E-state index is 0.0735. The van der Waals surface area contributed by atoms with Gasteiger partial charge in [-0.25, -0.2) is 9.98 Å². The second kappa shape index (κ2) is 6.65. The molecule has 1 aliphatic rings. The Labute approximate surface area is 152 Å². The van der Waals surface area contributed by atoms with E-state index >= 15 is 0 Å². The van der Waals surface area contributed by atoms with Gasteiger partial charge in [0, 0.05) is 17.1 Å². The Bertz CT molecular complexity index is 1010. The van der Waals surface area contributed by atoms with Crippen LogP contribution in [0.5, 0.6) is 5.75 Å². The van der Waals surface area contributed by atoms with Crippen molar-refractivity contribution in [2.45, 2.75) is 10.5 Å². The molecule has 0 aliphatic carbocycles. The summed E-state index contributed by atoms with van der Waals surface area (Å²) >= 11 is 11.6. The van der Waals surface area contributed by atoms with E-state index in [0.29, 0.717) is 16.5 Å². The van der Waals surface area contributed by atoms with Gasteiger partial charge < -0.3 is 15.7 Å². The third-order valence-corrected chi connectivity index (χ3v) is 4.71. The van der Waals surface area contributed by atoms with Crippen LogP contribution in [-0.4, -0.2) is 30.4 Å². The maximum Gasteiger partial charge on any atom is 0.312 e. The molecule has 3 rings (SSSR count). The van der Waals surface area contributed by atoms with Crippen LogP contribution < -0.4 is 16.5 Å². The van der Waals surface area contributed by atoms with Crippen molar-refractivity contribution in [3.63, 3.8) is 0 Å². The zero-order valence-corrected chi connectivity index (χ0v) is 14.6. The molecule has 2 aromatic rings. The number of amidine groups is 1. The average Bonchev–Trinajstić information content (AvgIpc) is 2.53. The maximum absolute atomic E-state index is 11.7. The highest BCUT2D eigenvalue weighted by Crippen LogP contribution is 2.31. The fourth-order valence-corrected chi connectivity index (χ4v) is 3.26. The third-order valence-electron chi connectivity index (χ3n) is 3.26. The average molecular weight is 404 g/mol. The first-order chi connectivity index (χ1) is 11.8. The molecule has 12 heteroatoms. The van der Waals surface area contributed by atoms with Crippen LogP contribution in [0.4, 0.5) is 5.69 Å². The summed E-state index contributed by atoms with van der Waals surface area (Å²) in [5.74, 6) is 4.80. The highest BCUT2D eigenvalue weighted by atomic mass is 35.5. The molecule has 0 fully saturated rings. The molecule has 132 valence electrons. The molecule has 25 heavy (non-hydrogen) atoms. The lowest BCUT2D eigenvalue weighted by Gasteiger charge is -2.16. The number of aliphatic imine (C=N–C) groups is 2. The Morgan fingerprint density at radius 2 is 2.04 bits per heavy atom. The van der Waals surface area contributed by atoms with Gasteiger partial charge >= 0.3 is 10.1 Å². The SMILES string of the molecule is NOS(=O)(=O)c1cc(O)c2ccc(NC3=NC(Cl)N=C(Cl)N3)cc2c1. The van der Waals surface area contributed by atoms with Crippen molar-refractivity contribution in [3.8, 4) is 5.75 Å². The minimum Gasteiger partial charge on any atom is -0.507 e. The molecule has 0 radical (unpaired) electrons. The largest absolute Gasteiger partial charge is 0.507 e. The van der Waals surface area contributed by atoms with E-state index in [4.69, 9.17) is 29.1 Å². The van der Waals surface area contributed by atoms with Crippen LogP contribution in [-0.2, 0) is 14.4 Å². The monoisotopic (exact) mass is 403 g/mol. The summed E-state index contributed by atoms with van der Waals surface area (Å²) < 4.78 is 27.4. The second-order valence-electron chi connectivity index (χ2n) is 4.89. The van der Waals surface area contributed by atoms with E-state index in [2.05, 4.69) is 24.9 Å². The molecule has 0 amide bonds. The van der Waals surface area contributed by atoms with Gasteiger partial charge in [-0.2, -0.15) is 18.6 Å². The first kappa shape index (κ1) is 17.7. The number of phenols is 1. The van der Waals surface area contributed by atoms with E-state index in [-0.39, 0.29) is 21.9 Å². The fraction of sp³-hybridized carbons (Fsp3) is 0.0769. The first-order valence-electron chi connectivity index (χ1n) is 6.68. The highest BCUT2D eigenvalue weighted by molar-refractivity contribution is 7.86. The standard InChI is InChI=1S/C13H11Cl2N5O4S/c14-11-18-12(15)20-13(19-11)17-7-1-2-9-6(3-7)4-8(5-10(9)21)25(22,23)24-16/h1-5,11,21H,16H2,(H2,17,18,19,20). The third kappa shape index (κ3) is 3.78. The smallest absolute Gasteiger partial charge is 0.312 e. The van der Waals surface area contributed by atoms with E-state index < -0.39 is 15.7 Å². The number of aromatic hydroxyl groups is 1. The van der Waals surface area contributed by atoms with Crippen LogP contribution in [0.3, 0.4) is 0 Å². The van der Waals surface area contributed by atoms with Crippen molar-refractivity contribution < 1.29 is 17.8 Å². The molecule has 0 saturated carbocycles. The number of alkyl halides is 1. The predicted octanol–water partition coefficient (Wildman–Crippen LogP) is 1.61. The zero-order chi connectivity index (χ0) is 18.2. The molecule has 0 aromatic heterocycles. The number of anilines is 1. The van der Waals surface area contributed by atoms with Gasteiger partial charge in [0.2, 0.25) is 16.9 Å². The number of rotatable bonds is 3. The van der Waals surface area contributed by atoms with Gasteiger partial charge in [-0.15, -0.1) is 0 Å². The van der Waals surface area contributed by atoms with E-state index in [1.165, 1.54) is 6.07 Å². The lowest BCUT2D eigenvalue weighted by molar-refractivity contribution is 0.332. The van der Waals surface area contributed by atoms with Gasteiger partial charge in [0.25, 0.3) is 0 Å². The zero-order valence-electron chi connectivity index (χ0n) is 12.3. The van der Waals surface area contributed by atoms with Crippen molar-refractivity contribution in [1.82, 2.24) is 5.32 Å². The van der Waals surface area contributed by atoms with E-state index in [1.807, 2.05) is 0 Å². The number of phenolic OH excluding ortho intramolecular Hbond substituents is 1. The number of nitrogens with zero attached hydrogens (tertiary/aromatic N) is 2. The molecule has 5 N–H and O–H groups in total. The van der Waals surface area contributed by atoms with E-state index in [0.717, 1.165) is 6.07 Å². The van der Waals surface area contributed by atoms with Crippen LogP contribution in [0.1, 0.15) is 0 Å². The van der Waals surface area contributed by atoms with Crippen molar-refractivity contribution in [3.05, 3.63) is 30.3 Å². The Morgan fingerprint density at radius 1 is 1.28 bits per heavy atom. The number of fused-ring (bicyclic) bond motifs is 1. The molecule has 9 nitrogen and oxygen atoms in total. The van der Waals surface area contributed by atoms with Gasteiger partial charge in [0.05, 0.1) is 4.90 Å². The summed E-state index contributed by atoms with van der Waals surface area (Å²) in [5.41, 5.74) is -0.323. The lowest BCUT2D eigenvalue weighted by atomic mass is 10.1. The number of nitrogens with two attached hydrogens (primary N) is 1. The van der Waals surface area contributed by atoms with Gasteiger partial charge in [0.15, 0.2) is 0 Å². The number of benzene rings is 2. The summed E-state index contributed by atoms with van der Waals surface area (Å²) in [6.07, 6.45) is 0.